The maximum absolute atomic E-state index is 12.2. The fourth-order valence-corrected chi connectivity index (χ4v) is 3.68. The Morgan fingerprint density at radius 1 is 1.16 bits per heavy atom. The topological polar surface area (TPSA) is 24.8 Å². The van der Waals surface area contributed by atoms with Crippen molar-refractivity contribution in [2.45, 2.75) is 71.4 Å². The van der Waals surface area contributed by atoms with Crippen molar-refractivity contribution in [3.05, 3.63) is 11.3 Å². The second-order valence-corrected chi connectivity index (χ2v) is 7.40. The zero-order valence-electron chi connectivity index (χ0n) is 15.5. The van der Waals surface area contributed by atoms with E-state index < -0.39 is 12.8 Å². The van der Waals surface area contributed by atoms with Crippen molar-refractivity contribution in [2.24, 2.45) is 10.9 Å². The fraction of sp³-hybridized carbons (Fsp3) is 0.842. The summed E-state index contributed by atoms with van der Waals surface area (Å²) < 4.78 is 41.4. The van der Waals surface area contributed by atoms with Gasteiger partial charge in [0.05, 0.1) is 0 Å². The van der Waals surface area contributed by atoms with Crippen LogP contribution in [-0.2, 0) is 4.74 Å². The van der Waals surface area contributed by atoms with E-state index in [0.717, 1.165) is 49.7 Å². The summed E-state index contributed by atoms with van der Waals surface area (Å²) in [6.45, 7) is 5.31. The van der Waals surface area contributed by atoms with Crippen LogP contribution in [-0.4, -0.2) is 43.2 Å². The molecule has 1 aliphatic carbocycles. The second-order valence-electron chi connectivity index (χ2n) is 7.40. The summed E-state index contributed by atoms with van der Waals surface area (Å²) in [6.07, 6.45) is 5.54. The highest BCUT2D eigenvalue weighted by Gasteiger charge is 2.28. The molecule has 1 aliphatic heterocycles. The van der Waals surface area contributed by atoms with Crippen molar-refractivity contribution in [1.29, 1.82) is 0 Å². The molecule has 144 valence electrons. The Bertz CT molecular complexity index is 480. The predicted molar refractivity (Wildman–Crippen MR) is 94.7 cm³/mol. The molecule has 1 saturated carbocycles. The van der Waals surface area contributed by atoms with Crippen LogP contribution < -0.4 is 0 Å². The van der Waals surface area contributed by atoms with E-state index in [0.29, 0.717) is 0 Å². The van der Waals surface area contributed by atoms with Crippen LogP contribution in [0, 0.1) is 5.92 Å². The molecule has 0 saturated heterocycles. The summed E-state index contributed by atoms with van der Waals surface area (Å²) in [5, 5.41) is 0. The van der Waals surface area contributed by atoms with Crippen LogP contribution in [0.2, 0.25) is 0 Å². The molecule has 25 heavy (non-hydrogen) atoms. The molecular formula is C19H31F3N2O. The molecule has 0 N–H and O–H groups in total. The van der Waals surface area contributed by atoms with Gasteiger partial charge in [-0.3, -0.25) is 0 Å². The number of hydrogen-bond acceptors (Lipinski definition) is 3. The first-order valence-corrected chi connectivity index (χ1v) is 9.49. The van der Waals surface area contributed by atoms with Gasteiger partial charge in [0.25, 0.3) is 0 Å². The molecule has 0 bridgehead atoms. The molecular weight excluding hydrogens is 329 g/mol. The van der Waals surface area contributed by atoms with Crippen LogP contribution in [0.15, 0.2) is 16.3 Å². The molecule has 1 fully saturated rings. The predicted octanol–water partition coefficient (Wildman–Crippen LogP) is 5.32. The highest BCUT2D eigenvalue weighted by atomic mass is 19.4. The van der Waals surface area contributed by atoms with Gasteiger partial charge in [-0.2, -0.15) is 13.2 Å². The van der Waals surface area contributed by atoms with E-state index in [9.17, 15) is 13.2 Å². The van der Waals surface area contributed by atoms with Crippen molar-refractivity contribution >= 4 is 5.90 Å². The lowest BCUT2D eigenvalue weighted by Gasteiger charge is -2.26. The summed E-state index contributed by atoms with van der Waals surface area (Å²) in [5.74, 6) is 0.976. The van der Waals surface area contributed by atoms with E-state index in [1.54, 1.807) is 0 Å². The molecule has 0 aromatic rings. The Hall–Kier alpha value is -1.04. The quantitative estimate of drug-likeness (QED) is 0.489. The van der Waals surface area contributed by atoms with E-state index in [-0.39, 0.29) is 5.90 Å². The maximum Gasteiger partial charge on any atom is 0.422 e. The highest BCUT2D eigenvalue weighted by Crippen LogP contribution is 2.27. The molecule has 1 heterocycles. The lowest BCUT2D eigenvalue weighted by atomic mass is 9.87. The lowest BCUT2D eigenvalue weighted by Crippen LogP contribution is -2.28. The van der Waals surface area contributed by atoms with E-state index in [4.69, 9.17) is 4.74 Å². The molecule has 2 rings (SSSR count). The van der Waals surface area contributed by atoms with Gasteiger partial charge in [0.2, 0.25) is 0 Å². The minimum Gasteiger partial charge on any atom is -0.471 e. The van der Waals surface area contributed by atoms with Crippen LogP contribution >= 0.6 is 0 Å². The van der Waals surface area contributed by atoms with Gasteiger partial charge >= 0.3 is 6.18 Å². The summed E-state index contributed by atoms with van der Waals surface area (Å²) in [6, 6.07) is 0. The Balaban J connectivity index is 1.80. The zero-order chi connectivity index (χ0) is 18.3. The van der Waals surface area contributed by atoms with E-state index >= 15 is 0 Å². The minimum atomic E-state index is -4.32. The average molecular weight is 360 g/mol. The standard InChI is InChI=1S/C19H31F3N2O/c1-15-8-11-24(12-9-17-6-4-3-5-7-17)13-10-18(15)23-16(2)25-14-19(20,21)22/h17H,3-14H2,1-2H3. The normalized spacial score (nSPS) is 22.2. The third-order valence-corrected chi connectivity index (χ3v) is 5.28. The minimum absolute atomic E-state index is 0.0994. The monoisotopic (exact) mass is 360 g/mol. The molecule has 2 aliphatic rings. The Labute approximate surface area is 149 Å². The number of halogens is 3. The van der Waals surface area contributed by atoms with Crippen LogP contribution in [0.5, 0.6) is 0 Å². The molecule has 3 nitrogen and oxygen atoms in total. The van der Waals surface area contributed by atoms with Crippen molar-refractivity contribution in [1.82, 2.24) is 4.90 Å². The largest absolute Gasteiger partial charge is 0.471 e. The van der Waals surface area contributed by atoms with Crippen molar-refractivity contribution in [2.75, 3.05) is 26.2 Å². The molecule has 0 radical (unpaired) electrons. The maximum atomic E-state index is 12.2. The third-order valence-electron chi connectivity index (χ3n) is 5.28. The first-order chi connectivity index (χ1) is 11.8. The smallest absolute Gasteiger partial charge is 0.422 e. The number of nitrogens with zero attached hydrogens (tertiary/aromatic N) is 2. The number of alkyl halides is 3. The van der Waals surface area contributed by atoms with E-state index in [1.807, 2.05) is 6.92 Å². The van der Waals surface area contributed by atoms with Gasteiger partial charge in [-0.25, -0.2) is 4.99 Å². The Kier molecular flexibility index (Phi) is 7.79. The zero-order valence-corrected chi connectivity index (χ0v) is 15.5. The van der Waals surface area contributed by atoms with Gasteiger partial charge in [-0.15, -0.1) is 0 Å². The number of hydrogen-bond donors (Lipinski definition) is 0. The summed E-state index contributed by atoms with van der Waals surface area (Å²) >= 11 is 0. The lowest BCUT2D eigenvalue weighted by molar-refractivity contribution is -0.156. The third kappa shape index (κ3) is 7.80. The summed E-state index contributed by atoms with van der Waals surface area (Å²) in [5.41, 5.74) is 2.05. The van der Waals surface area contributed by atoms with Crippen LogP contribution in [0.3, 0.4) is 0 Å². The number of rotatable bonds is 5. The molecule has 0 unspecified atom stereocenters. The average Bonchev–Trinajstić information content (AvgIpc) is 2.74. The van der Waals surface area contributed by atoms with Gasteiger partial charge in [0.15, 0.2) is 12.5 Å². The van der Waals surface area contributed by atoms with Crippen molar-refractivity contribution < 1.29 is 17.9 Å². The van der Waals surface area contributed by atoms with Crippen molar-refractivity contribution in [3.63, 3.8) is 0 Å². The highest BCUT2D eigenvalue weighted by molar-refractivity contribution is 5.74. The van der Waals surface area contributed by atoms with E-state index in [2.05, 4.69) is 9.89 Å². The summed E-state index contributed by atoms with van der Waals surface area (Å²) in [4.78, 5) is 6.79. The molecule has 0 amide bonds. The first kappa shape index (κ1) is 20.3. The van der Waals surface area contributed by atoms with Crippen LogP contribution in [0.4, 0.5) is 13.2 Å². The number of aliphatic imine (C=N–C) groups is 1. The second kappa shape index (κ2) is 9.60. The van der Waals surface area contributed by atoms with Gasteiger partial charge in [0, 0.05) is 32.1 Å². The Morgan fingerprint density at radius 3 is 2.52 bits per heavy atom. The molecule has 0 atom stereocenters. The Morgan fingerprint density at radius 2 is 1.84 bits per heavy atom. The molecule has 0 aromatic heterocycles. The SMILES string of the molecule is CC(=NC1=C(C)CCN(CCC2CCCCC2)CC1)OCC(F)(F)F. The summed E-state index contributed by atoms with van der Waals surface area (Å²) in [7, 11) is 0. The van der Waals surface area contributed by atoms with Gasteiger partial charge in [-0.1, -0.05) is 37.7 Å². The van der Waals surface area contributed by atoms with Gasteiger partial charge in [-0.05, 0) is 32.2 Å². The number of ether oxygens (including phenoxy) is 1. The molecule has 0 aromatic carbocycles. The van der Waals surface area contributed by atoms with Gasteiger partial charge in [0.1, 0.15) is 0 Å². The van der Waals surface area contributed by atoms with E-state index in [1.165, 1.54) is 45.4 Å². The molecule has 0 spiro atoms. The molecule has 6 heteroatoms. The van der Waals surface area contributed by atoms with Crippen LogP contribution in [0.25, 0.3) is 0 Å². The first-order valence-electron chi connectivity index (χ1n) is 9.49. The van der Waals surface area contributed by atoms with Crippen LogP contribution in [0.1, 0.15) is 65.2 Å². The van der Waals surface area contributed by atoms with Crippen molar-refractivity contribution in [3.8, 4) is 0 Å². The van der Waals surface area contributed by atoms with Gasteiger partial charge < -0.3 is 9.64 Å². The fourth-order valence-electron chi connectivity index (χ4n) is 3.68.